The quantitative estimate of drug-likeness (QED) is 0.0205. The number of carbonyl (C=O) groups is 2. The van der Waals surface area contributed by atoms with E-state index in [0.29, 0.717) is 23.9 Å². The van der Waals surface area contributed by atoms with Crippen LogP contribution in [0, 0.1) is 0 Å². The van der Waals surface area contributed by atoms with Crippen LogP contribution in [0.15, 0.2) is 60.8 Å². The summed E-state index contributed by atoms with van der Waals surface area (Å²) >= 11 is 0. The summed E-state index contributed by atoms with van der Waals surface area (Å²) in [4.78, 5) is 37.7. The number of unbranched alkanes of at least 4 members (excludes halogenated alkanes) is 32. The summed E-state index contributed by atoms with van der Waals surface area (Å²) in [6.07, 6.45) is 67.8. The number of carbonyl (C=O) groups excluding carboxylic acids is 2. The number of quaternary nitrogens is 1. The Bertz CT molecular complexity index is 1450. The lowest BCUT2D eigenvalue weighted by Gasteiger charge is -2.27. The fourth-order valence-corrected chi connectivity index (χ4v) is 9.56. The molecule has 0 saturated carbocycles. The number of nitrogens with zero attached hydrogens (tertiary/aromatic N) is 1. The van der Waals surface area contributed by atoms with Crippen LogP contribution in [0.5, 0.6) is 0 Å². The molecule has 0 heterocycles. The third-order valence-electron chi connectivity index (χ3n) is 13.7. The summed E-state index contributed by atoms with van der Waals surface area (Å²) in [6.45, 7) is 6.98. The number of nitrogens with one attached hydrogen (secondary N) is 1. The van der Waals surface area contributed by atoms with Gasteiger partial charge in [-0.25, -0.2) is 4.57 Å². The van der Waals surface area contributed by atoms with Gasteiger partial charge >= 0.3 is 13.8 Å². The van der Waals surface area contributed by atoms with Crippen molar-refractivity contribution in [3.8, 4) is 0 Å². The number of hydrogen-bond donors (Lipinski definition) is 2. The Morgan fingerprint density at radius 1 is 0.473 bits per heavy atom. The van der Waals surface area contributed by atoms with E-state index in [4.69, 9.17) is 13.8 Å². The van der Waals surface area contributed by atoms with Crippen molar-refractivity contribution in [3.63, 3.8) is 0 Å². The SMILES string of the molecule is CCCCC/C=C\C/C=C\C/C=C\CCCCCCCCCCC(=O)NC(COP(=O)(O)OCC[N+](C)(C)C)C(/C=C\CCCCCCCCCCCCC)OC(=O)CCCCC/C=C\CCCCCCCCC. The van der Waals surface area contributed by atoms with Crippen LogP contribution in [0.2, 0.25) is 0 Å². The van der Waals surface area contributed by atoms with Gasteiger partial charge in [0.25, 0.3) is 0 Å². The van der Waals surface area contributed by atoms with Crippen molar-refractivity contribution in [2.45, 2.75) is 296 Å². The second-order valence-corrected chi connectivity index (χ2v) is 23.7. The second-order valence-electron chi connectivity index (χ2n) is 22.2. The highest BCUT2D eigenvalue weighted by Gasteiger charge is 2.30. The maximum atomic E-state index is 13.5. The number of esters is 1. The monoisotopic (exact) mass is 1060 g/mol. The smallest absolute Gasteiger partial charge is 0.456 e. The zero-order valence-corrected chi connectivity index (χ0v) is 50.2. The van der Waals surface area contributed by atoms with Gasteiger partial charge in [0.2, 0.25) is 5.91 Å². The van der Waals surface area contributed by atoms with E-state index in [1.165, 1.54) is 154 Å². The van der Waals surface area contributed by atoms with E-state index in [1.54, 1.807) is 0 Å². The lowest BCUT2D eigenvalue weighted by atomic mass is 10.0. The largest absolute Gasteiger partial charge is 0.472 e. The Hall–Kier alpha value is -2.29. The summed E-state index contributed by atoms with van der Waals surface area (Å²) in [7, 11) is 1.48. The topological polar surface area (TPSA) is 111 Å². The van der Waals surface area contributed by atoms with Crippen molar-refractivity contribution >= 4 is 19.7 Å². The highest BCUT2D eigenvalue weighted by atomic mass is 31.2. The van der Waals surface area contributed by atoms with Gasteiger partial charge in [0, 0.05) is 12.8 Å². The highest BCUT2D eigenvalue weighted by molar-refractivity contribution is 7.47. The van der Waals surface area contributed by atoms with Crippen LogP contribution in [0.1, 0.15) is 284 Å². The predicted octanol–water partition coefficient (Wildman–Crippen LogP) is 19.1. The third-order valence-corrected chi connectivity index (χ3v) is 14.7. The molecule has 0 fully saturated rings. The third kappa shape index (κ3) is 54.5. The Kier molecular flexibility index (Phi) is 52.4. The van der Waals surface area contributed by atoms with E-state index in [2.05, 4.69) is 74.7 Å². The Labute approximate surface area is 458 Å². The van der Waals surface area contributed by atoms with Gasteiger partial charge < -0.3 is 19.4 Å². The molecule has 0 aromatic heterocycles. The minimum atomic E-state index is -4.45. The van der Waals surface area contributed by atoms with E-state index in [1.807, 2.05) is 33.3 Å². The summed E-state index contributed by atoms with van der Waals surface area (Å²) < 4.78 is 30.7. The predicted molar refractivity (Wildman–Crippen MR) is 318 cm³/mol. The van der Waals surface area contributed by atoms with Gasteiger partial charge in [-0.2, -0.15) is 0 Å². The van der Waals surface area contributed by atoms with Crippen molar-refractivity contribution in [2.24, 2.45) is 0 Å². The molecule has 10 heteroatoms. The minimum absolute atomic E-state index is 0.0356. The summed E-state index contributed by atoms with van der Waals surface area (Å²) in [5, 5.41) is 3.05. The van der Waals surface area contributed by atoms with Gasteiger partial charge in [-0.1, -0.05) is 236 Å². The van der Waals surface area contributed by atoms with Crippen molar-refractivity contribution < 1.29 is 37.3 Å². The molecule has 3 unspecified atom stereocenters. The molecule has 2 N–H and O–H groups in total. The standard InChI is InChI=1S/C64H119N2O7P/c1-7-10-13-16-19-22-25-28-30-31-32-33-34-35-36-38-41-44-47-50-53-56-63(67)65-61(60-72-74(69,70)71-59-58-66(4,5)6)62(55-52-49-46-43-40-37-27-24-21-18-15-12-9-3)73-64(68)57-54-51-48-45-42-39-29-26-23-20-17-14-11-8-2/h19,22,28,30,32-33,39,42,52,55,61-62H,7-18,20-21,23-27,29,31,34-38,40-41,43-51,53-54,56-60H2,1-6H3,(H-,65,67,69,70)/p+1/b22-19-,30-28-,33-32-,42-39-,55-52-. The van der Waals surface area contributed by atoms with Gasteiger partial charge in [0.1, 0.15) is 19.3 Å². The molecule has 0 aromatic carbocycles. The average Bonchev–Trinajstić information content (AvgIpc) is 3.36. The van der Waals surface area contributed by atoms with Crippen LogP contribution in [0.4, 0.5) is 0 Å². The molecule has 0 aliphatic rings. The normalized spacial score (nSPS) is 14.1. The zero-order valence-electron chi connectivity index (χ0n) is 49.3. The van der Waals surface area contributed by atoms with E-state index < -0.39 is 20.0 Å². The van der Waals surface area contributed by atoms with Gasteiger partial charge in [-0.05, 0) is 96.0 Å². The molecule has 1 amide bonds. The van der Waals surface area contributed by atoms with E-state index in [9.17, 15) is 19.0 Å². The molecule has 3 atom stereocenters. The molecule has 0 saturated heterocycles. The molecule has 0 bridgehead atoms. The molecule has 0 aliphatic heterocycles. The average molecular weight is 1060 g/mol. The Morgan fingerprint density at radius 3 is 1.28 bits per heavy atom. The number of hydrogen-bond acceptors (Lipinski definition) is 6. The first kappa shape index (κ1) is 71.7. The molecule has 0 spiro atoms. The Balaban J connectivity index is 5.28. The lowest BCUT2D eigenvalue weighted by molar-refractivity contribution is -0.870. The first-order valence-corrected chi connectivity index (χ1v) is 32.6. The molecular weight excluding hydrogens is 940 g/mol. The Morgan fingerprint density at radius 2 is 0.824 bits per heavy atom. The van der Waals surface area contributed by atoms with Crippen LogP contribution in [0.25, 0.3) is 0 Å². The highest BCUT2D eigenvalue weighted by Crippen LogP contribution is 2.43. The van der Waals surface area contributed by atoms with Crippen LogP contribution in [-0.2, 0) is 27.9 Å². The molecule has 432 valence electrons. The number of ether oxygens (including phenoxy) is 1. The molecule has 74 heavy (non-hydrogen) atoms. The maximum absolute atomic E-state index is 13.5. The van der Waals surface area contributed by atoms with Crippen LogP contribution < -0.4 is 5.32 Å². The summed E-state index contributed by atoms with van der Waals surface area (Å²) in [5.41, 5.74) is 0. The van der Waals surface area contributed by atoms with Gasteiger partial charge in [0.15, 0.2) is 0 Å². The minimum Gasteiger partial charge on any atom is -0.456 e. The van der Waals surface area contributed by atoms with Crippen molar-refractivity contribution in [1.82, 2.24) is 5.32 Å². The lowest BCUT2D eigenvalue weighted by Crippen LogP contribution is -2.47. The molecular formula is C64H120N2O7P+. The number of rotatable bonds is 56. The van der Waals surface area contributed by atoms with E-state index in [0.717, 1.165) is 89.9 Å². The van der Waals surface area contributed by atoms with E-state index >= 15 is 0 Å². The van der Waals surface area contributed by atoms with Crippen LogP contribution >= 0.6 is 7.82 Å². The molecule has 0 aliphatic carbocycles. The van der Waals surface area contributed by atoms with Crippen molar-refractivity contribution in [2.75, 3.05) is 40.9 Å². The molecule has 0 aromatic rings. The molecule has 9 nitrogen and oxygen atoms in total. The maximum Gasteiger partial charge on any atom is 0.472 e. The summed E-state index contributed by atoms with van der Waals surface area (Å²) in [5.74, 6) is -0.527. The van der Waals surface area contributed by atoms with E-state index in [-0.39, 0.29) is 31.5 Å². The fourth-order valence-electron chi connectivity index (χ4n) is 8.82. The van der Waals surface area contributed by atoms with Gasteiger partial charge in [0.05, 0.1) is 33.8 Å². The number of phosphoric ester groups is 1. The van der Waals surface area contributed by atoms with Crippen LogP contribution in [0.3, 0.4) is 0 Å². The summed E-state index contributed by atoms with van der Waals surface area (Å²) in [6, 6.07) is -0.859. The van der Waals surface area contributed by atoms with Gasteiger partial charge in [-0.15, -0.1) is 0 Å². The number of likely N-dealkylation sites (N-methyl/N-ethyl adjacent to an activating group) is 1. The molecule has 0 radical (unpaired) electrons. The molecule has 0 rings (SSSR count). The fraction of sp³-hybridized carbons (Fsp3) is 0.812. The van der Waals surface area contributed by atoms with Gasteiger partial charge in [-0.3, -0.25) is 18.6 Å². The first-order valence-electron chi connectivity index (χ1n) is 31.1. The number of allylic oxidation sites excluding steroid dienone is 9. The van der Waals surface area contributed by atoms with Crippen molar-refractivity contribution in [1.29, 1.82) is 0 Å². The zero-order chi connectivity index (χ0) is 54.3. The van der Waals surface area contributed by atoms with Crippen LogP contribution in [-0.4, -0.2) is 74.3 Å². The number of amides is 1. The van der Waals surface area contributed by atoms with Crippen molar-refractivity contribution in [3.05, 3.63) is 60.8 Å². The second kappa shape index (κ2) is 54.1. The number of phosphoric acid groups is 1. The first-order chi connectivity index (χ1) is 35.9.